The number of amides is 1. The number of carbonyl (C=O) groups is 2. The lowest BCUT2D eigenvalue weighted by Gasteiger charge is -2.28. The smallest absolute Gasteiger partial charge is 0.410 e. The van der Waals surface area contributed by atoms with Crippen LogP contribution >= 0.6 is 0 Å². The van der Waals surface area contributed by atoms with Gasteiger partial charge in [0.2, 0.25) is 0 Å². The van der Waals surface area contributed by atoms with Crippen LogP contribution in [-0.4, -0.2) is 60.1 Å². The fourth-order valence-corrected chi connectivity index (χ4v) is 2.65. The lowest BCUT2D eigenvalue weighted by molar-refractivity contribution is 0.0171. The summed E-state index contributed by atoms with van der Waals surface area (Å²) in [6.07, 6.45) is -0.726. The molecule has 1 aromatic carbocycles. The third kappa shape index (κ3) is 5.09. The largest absolute Gasteiger partial charge is 0.491 e. The molecule has 1 aliphatic heterocycles. The zero-order valence-corrected chi connectivity index (χ0v) is 15.0. The fraction of sp³-hybridized carbons (Fsp3) is 0.556. The Hall–Kier alpha value is -2.28. The van der Waals surface area contributed by atoms with Crippen molar-refractivity contribution in [3.8, 4) is 5.75 Å². The van der Waals surface area contributed by atoms with Gasteiger partial charge in [0.25, 0.3) is 0 Å². The van der Waals surface area contributed by atoms with Crippen LogP contribution in [0.4, 0.5) is 4.79 Å². The van der Waals surface area contributed by atoms with E-state index in [0.717, 1.165) is 0 Å². The molecule has 1 heterocycles. The number of carbonyl (C=O) groups excluding carboxylic acids is 2. The third-order valence-corrected chi connectivity index (χ3v) is 3.74. The Bertz CT molecular complexity index is 624. The molecule has 1 aromatic rings. The number of methoxy groups -OCH3 is 1. The van der Waals surface area contributed by atoms with Crippen molar-refractivity contribution in [1.29, 1.82) is 0 Å². The highest BCUT2D eigenvalue weighted by molar-refractivity contribution is 5.92. The molecular formula is C18H25NO6. The summed E-state index contributed by atoms with van der Waals surface area (Å²) in [5.41, 5.74) is -0.305. The molecule has 1 saturated heterocycles. The Morgan fingerprint density at radius 2 is 1.96 bits per heavy atom. The first-order chi connectivity index (χ1) is 11.7. The number of aliphatic hydroxyl groups is 1. The molecule has 1 fully saturated rings. The Morgan fingerprint density at radius 1 is 1.28 bits per heavy atom. The van der Waals surface area contributed by atoms with Gasteiger partial charge in [-0.05, 0) is 39.3 Å². The number of hydrogen-bond acceptors (Lipinski definition) is 6. The van der Waals surface area contributed by atoms with Crippen LogP contribution in [0.3, 0.4) is 0 Å². The summed E-state index contributed by atoms with van der Waals surface area (Å²) in [6.45, 7) is 5.70. The molecule has 2 atom stereocenters. The minimum Gasteiger partial charge on any atom is -0.491 e. The van der Waals surface area contributed by atoms with E-state index in [0.29, 0.717) is 17.7 Å². The van der Waals surface area contributed by atoms with Gasteiger partial charge in [-0.3, -0.25) is 4.90 Å². The SMILES string of the molecule is COC(=O)c1ccccc1OC[C@H]1C[C@H](O)CN1C(=O)OC(C)(C)C. The fourth-order valence-electron chi connectivity index (χ4n) is 2.65. The molecule has 0 radical (unpaired) electrons. The monoisotopic (exact) mass is 351 g/mol. The molecule has 7 nitrogen and oxygen atoms in total. The lowest BCUT2D eigenvalue weighted by atomic mass is 10.2. The van der Waals surface area contributed by atoms with Gasteiger partial charge in [-0.25, -0.2) is 9.59 Å². The second-order valence-corrected chi connectivity index (χ2v) is 6.97. The number of esters is 1. The predicted molar refractivity (Wildman–Crippen MR) is 90.6 cm³/mol. The molecule has 0 bridgehead atoms. The summed E-state index contributed by atoms with van der Waals surface area (Å²) < 4.78 is 15.9. The summed E-state index contributed by atoms with van der Waals surface area (Å²) in [5, 5.41) is 9.92. The van der Waals surface area contributed by atoms with Gasteiger partial charge in [0.05, 0.1) is 25.8 Å². The Labute approximate surface area is 147 Å². The molecule has 0 aliphatic carbocycles. The third-order valence-electron chi connectivity index (χ3n) is 3.74. The van der Waals surface area contributed by atoms with Crippen molar-refractivity contribution >= 4 is 12.1 Å². The zero-order valence-electron chi connectivity index (χ0n) is 15.0. The van der Waals surface area contributed by atoms with E-state index in [-0.39, 0.29) is 19.2 Å². The highest BCUT2D eigenvalue weighted by atomic mass is 16.6. The van der Waals surface area contributed by atoms with Crippen LogP contribution in [0.15, 0.2) is 24.3 Å². The van der Waals surface area contributed by atoms with Crippen LogP contribution in [-0.2, 0) is 9.47 Å². The maximum atomic E-state index is 12.3. The second kappa shape index (κ2) is 7.74. The molecule has 7 heteroatoms. The van der Waals surface area contributed by atoms with Crippen LogP contribution < -0.4 is 4.74 Å². The average Bonchev–Trinajstić information content (AvgIpc) is 2.92. The average molecular weight is 351 g/mol. The van der Waals surface area contributed by atoms with Crippen LogP contribution in [0, 0.1) is 0 Å². The standard InChI is InChI=1S/C18H25NO6/c1-18(2,3)25-17(22)19-10-13(20)9-12(19)11-24-15-8-6-5-7-14(15)16(21)23-4/h5-8,12-13,20H,9-11H2,1-4H3/t12-,13+/m1/s1. The highest BCUT2D eigenvalue weighted by Crippen LogP contribution is 2.24. The molecule has 1 N–H and O–H groups in total. The summed E-state index contributed by atoms with van der Waals surface area (Å²) in [4.78, 5) is 25.6. The molecule has 0 spiro atoms. The van der Waals surface area contributed by atoms with E-state index in [2.05, 4.69) is 0 Å². The Morgan fingerprint density at radius 3 is 2.60 bits per heavy atom. The van der Waals surface area contributed by atoms with Gasteiger partial charge in [0.15, 0.2) is 0 Å². The number of nitrogens with zero attached hydrogens (tertiary/aromatic N) is 1. The van der Waals surface area contributed by atoms with Crippen LogP contribution in [0.1, 0.15) is 37.6 Å². The van der Waals surface area contributed by atoms with Gasteiger partial charge in [0.1, 0.15) is 23.5 Å². The summed E-state index contributed by atoms with van der Waals surface area (Å²) >= 11 is 0. The molecule has 2 rings (SSSR count). The van der Waals surface area contributed by atoms with Gasteiger partial charge in [0, 0.05) is 0 Å². The number of β-amino-alcohol motifs (C(OH)–C–C–N with tert-alkyl or cyclic N) is 1. The van der Waals surface area contributed by atoms with Crippen molar-refractivity contribution in [2.24, 2.45) is 0 Å². The van der Waals surface area contributed by atoms with Crippen LogP contribution in [0.25, 0.3) is 0 Å². The Kier molecular flexibility index (Phi) is 5.89. The van der Waals surface area contributed by atoms with Crippen molar-refractivity contribution < 1.29 is 28.9 Å². The van der Waals surface area contributed by atoms with Gasteiger partial charge in [-0.1, -0.05) is 12.1 Å². The first-order valence-corrected chi connectivity index (χ1v) is 8.19. The second-order valence-electron chi connectivity index (χ2n) is 6.97. The first kappa shape index (κ1) is 19.1. The van der Waals surface area contributed by atoms with E-state index in [1.165, 1.54) is 12.0 Å². The number of likely N-dealkylation sites (tertiary alicyclic amines) is 1. The van der Waals surface area contributed by atoms with E-state index in [4.69, 9.17) is 14.2 Å². The quantitative estimate of drug-likeness (QED) is 0.837. The maximum Gasteiger partial charge on any atom is 0.410 e. The summed E-state index contributed by atoms with van der Waals surface area (Å²) in [5.74, 6) is -0.120. The molecule has 0 unspecified atom stereocenters. The zero-order chi connectivity index (χ0) is 18.6. The molecule has 0 saturated carbocycles. The minimum absolute atomic E-state index is 0.143. The number of para-hydroxylation sites is 1. The van der Waals surface area contributed by atoms with Crippen molar-refractivity contribution in [2.75, 3.05) is 20.3 Å². The van der Waals surface area contributed by atoms with Crippen molar-refractivity contribution in [3.63, 3.8) is 0 Å². The molecule has 1 amide bonds. The molecular weight excluding hydrogens is 326 g/mol. The number of benzene rings is 1. The topological polar surface area (TPSA) is 85.3 Å². The van der Waals surface area contributed by atoms with E-state index in [1.807, 2.05) is 0 Å². The predicted octanol–water partition coefficient (Wildman–Crippen LogP) is 2.22. The number of hydrogen-bond donors (Lipinski definition) is 1. The van der Waals surface area contributed by atoms with Gasteiger partial charge < -0.3 is 19.3 Å². The molecule has 25 heavy (non-hydrogen) atoms. The van der Waals surface area contributed by atoms with Crippen molar-refractivity contribution in [1.82, 2.24) is 4.90 Å². The Balaban J connectivity index is 2.06. The van der Waals surface area contributed by atoms with Crippen LogP contribution in [0.2, 0.25) is 0 Å². The number of aliphatic hydroxyl groups excluding tert-OH is 1. The van der Waals surface area contributed by atoms with Gasteiger partial charge >= 0.3 is 12.1 Å². The van der Waals surface area contributed by atoms with Gasteiger partial charge in [-0.2, -0.15) is 0 Å². The van der Waals surface area contributed by atoms with Crippen molar-refractivity contribution in [3.05, 3.63) is 29.8 Å². The number of rotatable bonds is 4. The maximum absolute atomic E-state index is 12.3. The number of ether oxygens (including phenoxy) is 3. The minimum atomic E-state index is -0.628. The van der Waals surface area contributed by atoms with E-state index >= 15 is 0 Å². The van der Waals surface area contributed by atoms with E-state index in [1.54, 1.807) is 45.0 Å². The highest BCUT2D eigenvalue weighted by Gasteiger charge is 2.37. The first-order valence-electron chi connectivity index (χ1n) is 8.19. The molecule has 0 aromatic heterocycles. The lowest BCUT2D eigenvalue weighted by Crippen LogP contribution is -2.42. The molecule has 1 aliphatic rings. The summed E-state index contributed by atoms with van der Waals surface area (Å²) in [7, 11) is 1.30. The molecule has 138 valence electrons. The normalized spacial score (nSPS) is 20.3. The van der Waals surface area contributed by atoms with Crippen LogP contribution in [0.5, 0.6) is 5.75 Å². The van der Waals surface area contributed by atoms with Crippen molar-refractivity contribution in [2.45, 2.75) is 44.9 Å². The van der Waals surface area contributed by atoms with E-state index in [9.17, 15) is 14.7 Å². The van der Waals surface area contributed by atoms with Gasteiger partial charge in [-0.15, -0.1) is 0 Å². The van der Waals surface area contributed by atoms with E-state index < -0.39 is 23.8 Å². The summed E-state index contributed by atoms with van der Waals surface area (Å²) in [6, 6.07) is 6.39.